The van der Waals surface area contributed by atoms with Crippen LogP contribution in [0.4, 0.5) is 10.1 Å². The summed E-state index contributed by atoms with van der Waals surface area (Å²) in [5.74, 6) is 1.07. The molecule has 26 heavy (non-hydrogen) atoms. The smallest absolute Gasteiger partial charge is 0.191 e. The van der Waals surface area contributed by atoms with Gasteiger partial charge in [-0.1, -0.05) is 0 Å². The second kappa shape index (κ2) is 9.11. The van der Waals surface area contributed by atoms with Gasteiger partial charge in [0.2, 0.25) is 0 Å². The van der Waals surface area contributed by atoms with Gasteiger partial charge in [-0.2, -0.15) is 0 Å². The van der Waals surface area contributed by atoms with Crippen LogP contribution in [0.1, 0.15) is 17.2 Å². The minimum absolute atomic E-state index is 0. The monoisotopic (exact) mass is 470 g/mol. The molecule has 0 radical (unpaired) electrons. The van der Waals surface area contributed by atoms with E-state index in [-0.39, 0.29) is 29.8 Å². The van der Waals surface area contributed by atoms with Crippen LogP contribution in [0.3, 0.4) is 0 Å². The number of nitrogens with zero attached hydrogens (tertiary/aromatic N) is 5. The zero-order valence-corrected chi connectivity index (χ0v) is 17.4. The van der Waals surface area contributed by atoms with Crippen LogP contribution in [0, 0.1) is 19.7 Å². The lowest BCUT2D eigenvalue weighted by Crippen LogP contribution is -2.51. The molecule has 3 rings (SSSR count). The van der Waals surface area contributed by atoms with Gasteiger partial charge in [0.25, 0.3) is 0 Å². The number of aliphatic imine (C=N–C) groups is 1. The number of aryl methyl sites for hydroxylation is 2. The fourth-order valence-electron chi connectivity index (χ4n) is 2.98. The maximum atomic E-state index is 13.0. The maximum Gasteiger partial charge on any atom is 0.191 e. The van der Waals surface area contributed by atoms with E-state index >= 15 is 0 Å². The van der Waals surface area contributed by atoms with Crippen molar-refractivity contribution in [1.82, 2.24) is 14.9 Å². The number of guanidine groups is 1. The van der Waals surface area contributed by atoms with E-state index in [9.17, 15) is 4.39 Å². The van der Waals surface area contributed by atoms with Crippen molar-refractivity contribution in [1.29, 1.82) is 0 Å². The summed E-state index contributed by atoms with van der Waals surface area (Å²) in [6, 6.07) is 8.52. The van der Waals surface area contributed by atoms with Crippen molar-refractivity contribution in [3.63, 3.8) is 0 Å². The van der Waals surface area contributed by atoms with Crippen LogP contribution in [0.5, 0.6) is 0 Å². The Morgan fingerprint density at radius 3 is 2.38 bits per heavy atom. The normalized spacial score (nSPS) is 15.0. The first-order chi connectivity index (χ1) is 12.0. The lowest BCUT2D eigenvalue weighted by atomic mass is 10.2. The molecule has 0 spiro atoms. The summed E-state index contributed by atoms with van der Waals surface area (Å²) >= 11 is 0. The van der Waals surface area contributed by atoms with Gasteiger partial charge in [0, 0.05) is 37.6 Å². The number of benzene rings is 1. The number of aromatic nitrogens is 2. The molecular formula is C18H24FIN6. The van der Waals surface area contributed by atoms with Crippen molar-refractivity contribution >= 4 is 35.6 Å². The molecule has 0 atom stereocenters. The molecule has 0 aliphatic carbocycles. The highest BCUT2D eigenvalue weighted by Crippen LogP contribution is 2.16. The predicted molar refractivity (Wildman–Crippen MR) is 112 cm³/mol. The quantitative estimate of drug-likeness (QED) is 0.424. The van der Waals surface area contributed by atoms with Crippen LogP contribution < -0.4 is 10.6 Å². The highest BCUT2D eigenvalue weighted by Gasteiger charge is 2.18. The molecule has 1 aromatic heterocycles. The molecule has 8 heteroatoms. The van der Waals surface area contributed by atoms with Gasteiger partial charge in [0.05, 0.1) is 12.2 Å². The number of halogens is 2. The van der Waals surface area contributed by atoms with E-state index < -0.39 is 0 Å². The van der Waals surface area contributed by atoms with Crippen molar-refractivity contribution < 1.29 is 4.39 Å². The van der Waals surface area contributed by atoms with Crippen LogP contribution in [-0.2, 0) is 6.54 Å². The van der Waals surface area contributed by atoms with Crippen molar-refractivity contribution in [3.8, 4) is 0 Å². The van der Waals surface area contributed by atoms with Gasteiger partial charge >= 0.3 is 0 Å². The molecule has 1 aliphatic rings. The summed E-state index contributed by atoms with van der Waals surface area (Å²) in [6.45, 7) is 7.50. The Morgan fingerprint density at radius 1 is 1.12 bits per heavy atom. The summed E-state index contributed by atoms with van der Waals surface area (Å²) in [4.78, 5) is 17.4. The van der Waals surface area contributed by atoms with Crippen molar-refractivity contribution in [2.45, 2.75) is 20.4 Å². The van der Waals surface area contributed by atoms with Crippen LogP contribution in [-0.4, -0.2) is 47.0 Å². The fraction of sp³-hybridized carbons (Fsp3) is 0.389. The fourth-order valence-corrected chi connectivity index (χ4v) is 2.98. The first-order valence-corrected chi connectivity index (χ1v) is 8.38. The van der Waals surface area contributed by atoms with Gasteiger partial charge in [-0.15, -0.1) is 24.0 Å². The van der Waals surface area contributed by atoms with Gasteiger partial charge in [0.1, 0.15) is 11.6 Å². The molecule has 1 saturated heterocycles. The highest BCUT2D eigenvalue weighted by molar-refractivity contribution is 14.0. The molecule has 0 unspecified atom stereocenters. The molecule has 2 heterocycles. The van der Waals surface area contributed by atoms with E-state index in [4.69, 9.17) is 5.73 Å². The zero-order chi connectivity index (χ0) is 17.8. The summed E-state index contributed by atoms with van der Waals surface area (Å²) in [7, 11) is 0. The largest absolute Gasteiger partial charge is 0.370 e. The van der Waals surface area contributed by atoms with Crippen molar-refractivity contribution in [3.05, 3.63) is 53.4 Å². The number of hydrogen-bond acceptors (Lipinski definition) is 4. The lowest BCUT2D eigenvalue weighted by molar-refractivity contribution is 0.380. The van der Waals surface area contributed by atoms with Gasteiger partial charge in [-0.05, 0) is 44.2 Å². The van der Waals surface area contributed by atoms with Gasteiger partial charge < -0.3 is 15.5 Å². The van der Waals surface area contributed by atoms with Gasteiger partial charge in [-0.25, -0.2) is 19.4 Å². The second-order valence-electron chi connectivity index (χ2n) is 6.17. The predicted octanol–water partition coefficient (Wildman–Crippen LogP) is 2.49. The summed E-state index contributed by atoms with van der Waals surface area (Å²) < 4.78 is 13.0. The van der Waals surface area contributed by atoms with Crippen LogP contribution >= 0.6 is 24.0 Å². The molecular weight excluding hydrogens is 446 g/mol. The molecule has 0 amide bonds. The summed E-state index contributed by atoms with van der Waals surface area (Å²) in [5.41, 5.74) is 8.98. The van der Waals surface area contributed by atoms with Gasteiger partial charge in [0.15, 0.2) is 5.96 Å². The lowest BCUT2D eigenvalue weighted by Gasteiger charge is -2.36. The Kier molecular flexibility index (Phi) is 7.13. The third kappa shape index (κ3) is 5.26. The number of nitrogens with two attached hydrogens (primary N) is 1. The Balaban J connectivity index is 0.00000243. The maximum absolute atomic E-state index is 13.0. The molecule has 1 fully saturated rings. The third-order valence-corrected chi connectivity index (χ3v) is 4.22. The van der Waals surface area contributed by atoms with Crippen LogP contribution in [0.2, 0.25) is 0 Å². The average Bonchev–Trinajstić information content (AvgIpc) is 2.60. The summed E-state index contributed by atoms with van der Waals surface area (Å²) in [5, 5.41) is 0. The Bertz CT molecular complexity index is 737. The standard InChI is InChI=1S/C18H23FN6.HI/c1-13-11-16(23-14(2)22-13)12-21-18(20)25-9-7-24(8-10-25)17-5-3-15(19)4-6-17;/h3-6,11H,7-10,12H2,1-2H3,(H2,20,21);1H. The van der Waals surface area contributed by atoms with E-state index in [1.54, 1.807) is 0 Å². The number of anilines is 1. The van der Waals surface area contributed by atoms with E-state index in [0.717, 1.165) is 49.1 Å². The van der Waals surface area contributed by atoms with Crippen LogP contribution in [0.25, 0.3) is 0 Å². The van der Waals surface area contributed by atoms with E-state index in [0.29, 0.717) is 12.5 Å². The summed E-state index contributed by atoms with van der Waals surface area (Å²) in [6.07, 6.45) is 0. The number of rotatable bonds is 3. The third-order valence-electron chi connectivity index (χ3n) is 4.22. The molecule has 6 nitrogen and oxygen atoms in total. The number of piperazine rings is 1. The second-order valence-corrected chi connectivity index (χ2v) is 6.17. The topological polar surface area (TPSA) is 70.6 Å². The molecule has 0 saturated carbocycles. The molecule has 140 valence electrons. The molecule has 2 N–H and O–H groups in total. The van der Waals surface area contributed by atoms with Crippen LogP contribution in [0.15, 0.2) is 35.3 Å². The Hall–Kier alpha value is -1.97. The molecule has 2 aromatic rings. The molecule has 1 aliphatic heterocycles. The van der Waals surface area contributed by atoms with Crippen molar-refractivity contribution in [2.75, 3.05) is 31.1 Å². The zero-order valence-electron chi connectivity index (χ0n) is 15.0. The first-order valence-electron chi connectivity index (χ1n) is 8.38. The molecule has 1 aromatic carbocycles. The van der Waals surface area contributed by atoms with E-state index in [1.165, 1.54) is 12.1 Å². The van der Waals surface area contributed by atoms with E-state index in [2.05, 4.69) is 24.8 Å². The van der Waals surface area contributed by atoms with Gasteiger partial charge in [-0.3, -0.25) is 0 Å². The average molecular weight is 470 g/mol. The van der Waals surface area contributed by atoms with Crippen molar-refractivity contribution in [2.24, 2.45) is 10.7 Å². The first kappa shape index (κ1) is 20.3. The molecule has 0 bridgehead atoms. The Labute approximate surface area is 170 Å². The minimum atomic E-state index is -0.214. The highest BCUT2D eigenvalue weighted by atomic mass is 127. The minimum Gasteiger partial charge on any atom is -0.370 e. The van der Waals surface area contributed by atoms with E-state index in [1.807, 2.05) is 32.0 Å². The number of hydrogen-bond donors (Lipinski definition) is 1. The SMILES string of the molecule is Cc1cc(CN=C(N)N2CCN(c3ccc(F)cc3)CC2)nc(C)n1.I. The Morgan fingerprint density at radius 2 is 1.77 bits per heavy atom.